The molecule has 0 spiro atoms. The average Bonchev–Trinajstić information content (AvgIpc) is 3.40. The molecule has 8 N–H and O–H groups in total. The van der Waals surface area contributed by atoms with E-state index in [1.165, 1.54) is 55.5 Å². The molecule has 5 heterocycles. The molecule has 5 aliphatic heterocycles. The lowest BCUT2D eigenvalue weighted by atomic mass is 9.75. The van der Waals surface area contributed by atoms with Gasteiger partial charge in [-0.15, -0.1) is 0 Å². The molecule has 0 saturated carbocycles. The normalized spacial score (nSPS) is 43.0. The molecule has 22 nitrogen and oxygen atoms in total. The van der Waals surface area contributed by atoms with Crippen LogP contribution in [-0.2, 0) is 66.4 Å². The second kappa shape index (κ2) is 30.0. The standard InChI is InChI=1S/C60H98O22/c1-30-21-31(2)25-41(61)44(72-15)28-43(78-56(67)35(6)26-40(71-14)24-32(3)23-34(5)50(33(4)22-30)80-57-49(64)48(63)52(73-16)38(9)77-57)36(7)60(69)55(74-17)54(66)59(12,45(81-60)19-18-20-70-13)82-46-27-42(62)51(37(8)75-46)79-47-29-58(11,68)53(65)39(10)76-47/h21-26,34,36-39,41-55,57,61-66,68-69H,18-20,27-29H2,1-17H3. The zero-order valence-electron chi connectivity index (χ0n) is 51.1. The van der Waals surface area contributed by atoms with Gasteiger partial charge < -0.3 is 102 Å². The van der Waals surface area contributed by atoms with Gasteiger partial charge in [0.1, 0.15) is 60.2 Å². The van der Waals surface area contributed by atoms with Gasteiger partial charge >= 0.3 is 5.97 Å². The Morgan fingerprint density at radius 2 is 1.35 bits per heavy atom. The van der Waals surface area contributed by atoms with Gasteiger partial charge in [-0.3, -0.25) is 0 Å². The first-order chi connectivity index (χ1) is 38.4. The van der Waals surface area contributed by atoms with Crippen LogP contribution in [0.3, 0.4) is 0 Å². The molecule has 0 bridgehead atoms. The largest absolute Gasteiger partial charge is 0.497 e. The molecule has 0 aromatic heterocycles. The fourth-order valence-corrected chi connectivity index (χ4v) is 12.0. The molecule has 470 valence electrons. The van der Waals surface area contributed by atoms with E-state index in [0.717, 1.165) is 16.7 Å². The van der Waals surface area contributed by atoms with E-state index < -0.39 is 145 Å². The van der Waals surface area contributed by atoms with E-state index >= 15 is 0 Å². The highest BCUT2D eigenvalue weighted by Gasteiger charge is 2.64. The number of hydrogen-bond donors (Lipinski definition) is 8. The predicted octanol–water partition coefficient (Wildman–Crippen LogP) is 3.87. The van der Waals surface area contributed by atoms with Gasteiger partial charge in [0.2, 0.25) is 5.79 Å². The minimum absolute atomic E-state index is 0.0638. The van der Waals surface area contributed by atoms with Gasteiger partial charge in [0.25, 0.3) is 0 Å². The first-order valence-corrected chi connectivity index (χ1v) is 28.5. The molecule has 0 aliphatic carbocycles. The monoisotopic (exact) mass is 1170 g/mol. The number of carbonyl (C=O) groups is 1. The summed E-state index contributed by atoms with van der Waals surface area (Å²) in [4.78, 5) is 14.5. The van der Waals surface area contributed by atoms with Crippen LogP contribution in [0.5, 0.6) is 0 Å². The van der Waals surface area contributed by atoms with E-state index in [1.807, 2.05) is 45.9 Å². The molecule has 24 unspecified atom stereocenters. The summed E-state index contributed by atoms with van der Waals surface area (Å²) in [5.41, 5.74) is -0.215. The Morgan fingerprint density at radius 3 is 1.95 bits per heavy atom. The lowest BCUT2D eigenvalue weighted by Crippen LogP contribution is -2.74. The number of methoxy groups -OCH3 is 5. The Morgan fingerprint density at radius 1 is 0.707 bits per heavy atom. The third kappa shape index (κ3) is 16.7. The molecule has 0 aromatic carbocycles. The quantitative estimate of drug-likeness (QED) is 0.0804. The van der Waals surface area contributed by atoms with Crippen molar-refractivity contribution in [2.75, 3.05) is 42.2 Å². The number of ether oxygens (including phenoxy) is 13. The summed E-state index contributed by atoms with van der Waals surface area (Å²) >= 11 is 0. The zero-order valence-corrected chi connectivity index (χ0v) is 51.1. The summed E-state index contributed by atoms with van der Waals surface area (Å²) in [5, 5.41) is 92.6. The fraction of sp³-hybridized carbons (Fsp3) is 0.783. The predicted molar refractivity (Wildman–Crippen MR) is 298 cm³/mol. The number of rotatable bonds is 16. The molecule has 4 saturated heterocycles. The molecule has 22 heteroatoms. The Kier molecular flexibility index (Phi) is 25.5. The summed E-state index contributed by atoms with van der Waals surface area (Å²) < 4.78 is 79.0. The van der Waals surface area contributed by atoms with E-state index in [4.69, 9.17) is 61.6 Å². The van der Waals surface area contributed by atoms with Crippen LogP contribution in [0.25, 0.3) is 0 Å². The maximum Gasteiger partial charge on any atom is 0.334 e. The molecular formula is C60H98O22. The SMILES string of the molecule is COCCCC1OC(O)(C(C)C2CC(OC)C(O)C=C(C)C=C(C)C=C(C)C(OC3OC(C)C(OC)C(O)C3O)C(C)C=C(C)C=C(OC)C=C(C)C(=O)O2)C(OC)C(O)C1(C)OC1CC(O)C(OC2CC(C)(O)C(O)C(C)O2)C(C)O1. The molecule has 82 heavy (non-hydrogen) atoms. The van der Waals surface area contributed by atoms with Crippen molar-refractivity contribution in [3.63, 3.8) is 0 Å². The third-order valence-corrected chi connectivity index (χ3v) is 16.7. The lowest BCUT2D eigenvalue weighted by molar-refractivity contribution is -0.416. The van der Waals surface area contributed by atoms with Crippen molar-refractivity contribution in [3.8, 4) is 0 Å². The number of aliphatic hydroxyl groups is 8. The molecule has 5 aliphatic rings. The third-order valence-electron chi connectivity index (χ3n) is 16.7. The topological polar surface area (TPSA) is 299 Å². The summed E-state index contributed by atoms with van der Waals surface area (Å²) in [7, 11) is 7.10. The molecule has 0 radical (unpaired) electrons. The number of carbonyl (C=O) groups excluding carboxylic acids is 1. The van der Waals surface area contributed by atoms with Crippen molar-refractivity contribution >= 4 is 5.97 Å². The van der Waals surface area contributed by atoms with Crippen molar-refractivity contribution in [1.29, 1.82) is 0 Å². The Hall–Kier alpha value is -3.05. The molecule has 0 aromatic rings. The van der Waals surface area contributed by atoms with Crippen LogP contribution in [0, 0.1) is 11.8 Å². The second-order valence-corrected chi connectivity index (χ2v) is 23.6. The van der Waals surface area contributed by atoms with Crippen LogP contribution < -0.4 is 0 Å². The molecule has 0 amide bonds. The second-order valence-electron chi connectivity index (χ2n) is 23.6. The van der Waals surface area contributed by atoms with Crippen LogP contribution in [-0.4, -0.2) is 223 Å². The highest BCUT2D eigenvalue weighted by Crippen LogP contribution is 2.47. The maximum atomic E-state index is 14.5. The minimum Gasteiger partial charge on any atom is -0.497 e. The highest BCUT2D eigenvalue weighted by molar-refractivity contribution is 5.88. The van der Waals surface area contributed by atoms with Crippen LogP contribution in [0.2, 0.25) is 0 Å². The Balaban J connectivity index is 1.49. The number of cyclic esters (lactones) is 1. The van der Waals surface area contributed by atoms with Crippen LogP contribution in [0.4, 0.5) is 0 Å². The smallest absolute Gasteiger partial charge is 0.334 e. The fourth-order valence-electron chi connectivity index (χ4n) is 12.0. The van der Waals surface area contributed by atoms with Crippen molar-refractivity contribution < 1.29 is 107 Å². The first kappa shape index (κ1) is 69.7. The molecular weight excluding hydrogens is 1070 g/mol. The van der Waals surface area contributed by atoms with Gasteiger partial charge in [0.15, 0.2) is 18.9 Å². The van der Waals surface area contributed by atoms with Crippen LogP contribution in [0.1, 0.15) is 115 Å². The van der Waals surface area contributed by atoms with Crippen molar-refractivity contribution in [2.45, 2.75) is 249 Å². The van der Waals surface area contributed by atoms with Crippen LogP contribution in [0.15, 0.2) is 70.1 Å². The van der Waals surface area contributed by atoms with E-state index in [-0.39, 0.29) is 49.5 Å². The number of hydrogen-bond acceptors (Lipinski definition) is 22. The number of esters is 1. The van der Waals surface area contributed by atoms with Gasteiger partial charge in [0, 0.05) is 65.8 Å². The lowest BCUT2D eigenvalue weighted by Gasteiger charge is -2.57. The van der Waals surface area contributed by atoms with Gasteiger partial charge in [-0.05, 0) is 99.8 Å². The van der Waals surface area contributed by atoms with Crippen molar-refractivity contribution in [2.24, 2.45) is 11.8 Å². The minimum atomic E-state index is -2.43. The average molecular weight is 1170 g/mol. The Labute approximate surface area is 484 Å². The number of aliphatic hydroxyl groups excluding tert-OH is 6. The van der Waals surface area contributed by atoms with Gasteiger partial charge in [-0.25, -0.2) is 4.79 Å². The maximum absolute atomic E-state index is 14.5. The summed E-state index contributed by atoms with van der Waals surface area (Å²) in [5.74, 6) is -4.57. The first-order valence-electron chi connectivity index (χ1n) is 28.5. The van der Waals surface area contributed by atoms with E-state index in [0.29, 0.717) is 12.0 Å². The summed E-state index contributed by atoms with van der Waals surface area (Å²) in [6, 6.07) is 0. The van der Waals surface area contributed by atoms with Gasteiger partial charge in [-0.2, -0.15) is 0 Å². The zero-order chi connectivity index (χ0) is 61.3. The van der Waals surface area contributed by atoms with E-state index in [9.17, 15) is 45.6 Å². The molecule has 24 atom stereocenters. The highest BCUT2D eigenvalue weighted by atomic mass is 16.7. The molecule has 4 fully saturated rings. The van der Waals surface area contributed by atoms with Crippen molar-refractivity contribution in [3.05, 3.63) is 70.1 Å². The summed E-state index contributed by atoms with van der Waals surface area (Å²) in [6.07, 6.45) is -10.3. The van der Waals surface area contributed by atoms with Crippen LogP contribution >= 0.6 is 0 Å². The van der Waals surface area contributed by atoms with E-state index in [1.54, 1.807) is 53.7 Å². The van der Waals surface area contributed by atoms with Gasteiger partial charge in [-0.1, -0.05) is 54.9 Å². The van der Waals surface area contributed by atoms with Gasteiger partial charge in [0.05, 0.1) is 67.5 Å². The van der Waals surface area contributed by atoms with E-state index in [2.05, 4.69) is 0 Å². The number of allylic oxidation sites excluding steroid dienone is 7. The summed E-state index contributed by atoms with van der Waals surface area (Å²) in [6.45, 7) is 20.8. The van der Waals surface area contributed by atoms with Crippen molar-refractivity contribution in [1.82, 2.24) is 0 Å². The Bertz CT molecular complexity index is 2250. The molecule has 5 rings (SSSR count).